The second-order valence-corrected chi connectivity index (χ2v) is 9.54. The van der Waals surface area contributed by atoms with E-state index in [0.29, 0.717) is 5.57 Å². The van der Waals surface area contributed by atoms with Crippen molar-refractivity contribution < 1.29 is 4.79 Å². The first-order valence-corrected chi connectivity index (χ1v) is 12.1. The van der Waals surface area contributed by atoms with Gasteiger partial charge in [-0.2, -0.15) is 0 Å². The average molecular weight is 501 g/mol. The predicted octanol–water partition coefficient (Wildman–Crippen LogP) is 7.77. The van der Waals surface area contributed by atoms with Crippen LogP contribution in [0.5, 0.6) is 0 Å². The van der Waals surface area contributed by atoms with Crippen LogP contribution in [-0.4, -0.2) is 5.78 Å². The Bertz CT molecular complexity index is 1470. The van der Waals surface area contributed by atoms with Gasteiger partial charge in [-0.1, -0.05) is 125 Å². The quantitative estimate of drug-likeness (QED) is 0.280. The molecule has 0 bridgehead atoms. The van der Waals surface area contributed by atoms with Crippen LogP contribution in [0.15, 0.2) is 137 Å². The normalized spacial score (nSPS) is 16.0. The lowest BCUT2D eigenvalue weighted by molar-refractivity contribution is -0.110. The Balaban J connectivity index is 1.71. The van der Waals surface area contributed by atoms with E-state index in [2.05, 4.69) is 94.8 Å². The lowest BCUT2D eigenvalue weighted by Crippen LogP contribution is -2.37. The highest BCUT2D eigenvalue weighted by Crippen LogP contribution is 2.53. The van der Waals surface area contributed by atoms with Crippen molar-refractivity contribution in [3.63, 3.8) is 0 Å². The lowest BCUT2D eigenvalue weighted by Gasteiger charge is -2.43. The molecule has 6 rings (SSSR count). The molecule has 2 aliphatic carbocycles. The lowest BCUT2D eigenvalue weighted by atomic mass is 9.58. The van der Waals surface area contributed by atoms with E-state index in [4.69, 9.17) is 0 Å². The van der Waals surface area contributed by atoms with E-state index in [1.807, 2.05) is 48.5 Å². The monoisotopic (exact) mass is 500 g/mol. The summed E-state index contributed by atoms with van der Waals surface area (Å²) in [6.07, 6.45) is 6.21. The molecule has 0 spiro atoms. The van der Waals surface area contributed by atoms with Gasteiger partial charge in [0.2, 0.25) is 0 Å². The van der Waals surface area contributed by atoms with Crippen molar-refractivity contribution in [2.75, 3.05) is 0 Å². The van der Waals surface area contributed by atoms with Crippen LogP contribution in [0.3, 0.4) is 0 Å². The number of Topliss-reactive ketones (excluding diaryl/α,β-unsaturated/α-hetero) is 1. The first kappa shape index (κ1) is 20.8. The zero-order chi connectivity index (χ0) is 23.1. The second-order valence-electron chi connectivity index (χ2n) is 8.63. The van der Waals surface area contributed by atoms with Crippen LogP contribution in [0.1, 0.15) is 27.8 Å². The van der Waals surface area contributed by atoms with Crippen molar-refractivity contribution in [3.8, 4) is 0 Å². The molecule has 0 aromatic heterocycles. The molecule has 0 N–H and O–H groups in total. The number of benzene rings is 4. The second kappa shape index (κ2) is 8.23. The number of hydrogen-bond donors (Lipinski definition) is 0. The maximum absolute atomic E-state index is 14.0. The minimum absolute atomic E-state index is 0.0568. The van der Waals surface area contributed by atoms with Gasteiger partial charge in [0.05, 0.1) is 5.41 Å². The number of ketones is 1. The molecular weight excluding hydrogens is 480 g/mol. The summed E-state index contributed by atoms with van der Waals surface area (Å²) in [7, 11) is 0. The predicted molar refractivity (Wildman–Crippen MR) is 142 cm³/mol. The van der Waals surface area contributed by atoms with Crippen LogP contribution in [0.2, 0.25) is 0 Å². The highest BCUT2D eigenvalue weighted by atomic mass is 79.9. The van der Waals surface area contributed by atoms with Crippen LogP contribution in [-0.2, 0) is 10.2 Å². The fourth-order valence-electron chi connectivity index (χ4n) is 5.38. The molecule has 34 heavy (non-hydrogen) atoms. The molecule has 0 unspecified atom stereocenters. The Kier molecular flexibility index (Phi) is 5.04. The van der Waals surface area contributed by atoms with Crippen molar-refractivity contribution in [3.05, 3.63) is 165 Å². The van der Waals surface area contributed by atoms with Gasteiger partial charge in [0.1, 0.15) is 0 Å². The number of allylic oxidation sites excluding steroid dienone is 5. The molecule has 0 atom stereocenters. The molecule has 0 radical (unpaired) electrons. The number of rotatable bonds is 3. The molecule has 0 fully saturated rings. The summed E-state index contributed by atoms with van der Waals surface area (Å²) in [5.41, 5.74) is 7.38. The van der Waals surface area contributed by atoms with Gasteiger partial charge in [0, 0.05) is 15.6 Å². The summed E-state index contributed by atoms with van der Waals surface area (Å²) in [5, 5.41) is 0. The molecule has 0 amide bonds. The summed E-state index contributed by atoms with van der Waals surface area (Å²) >= 11 is 3.55. The van der Waals surface area contributed by atoms with E-state index in [9.17, 15) is 4.79 Å². The summed E-state index contributed by atoms with van der Waals surface area (Å²) in [6, 6.07) is 37.5. The van der Waals surface area contributed by atoms with E-state index in [-0.39, 0.29) is 5.78 Å². The van der Waals surface area contributed by atoms with E-state index in [1.165, 1.54) is 5.56 Å². The van der Waals surface area contributed by atoms with Gasteiger partial charge < -0.3 is 0 Å². The van der Waals surface area contributed by atoms with Crippen LogP contribution in [0.4, 0.5) is 0 Å². The van der Waals surface area contributed by atoms with Gasteiger partial charge in [-0.05, 0) is 51.6 Å². The Morgan fingerprint density at radius 3 is 1.94 bits per heavy atom. The van der Waals surface area contributed by atoms with Gasteiger partial charge >= 0.3 is 0 Å². The number of hydrogen-bond acceptors (Lipinski definition) is 1. The molecule has 0 saturated carbocycles. The van der Waals surface area contributed by atoms with Crippen LogP contribution < -0.4 is 0 Å². The fourth-order valence-corrected chi connectivity index (χ4v) is 5.78. The maximum atomic E-state index is 14.0. The molecular formula is C32H21BrO. The van der Waals surface area contributed by atoms with Crippen molar-refractivity contribution in [1.82, 2.24) is 0 Å². The molecule has 0 aliphatic heterocycles. The third kappa shape index (κ3) is 3.10. The molecule has 0 saturated heterocycles. The molecule has 2 heteroatoms. The molecule has 162 valence electrons. The van der Waals surface area contributed by atoms with Gasteiger partial charge in [-0.25, -0.2) is 0 Å². The van der Waals surface area contributed by atoms with Crippen LogP contribution in [0.25, 0.3) is 11.6 Å². The van der Waals surface area contributed by atoms with Gasteiger partial charge in [-0.15, -0.1) is 0 Å². The minimum Gasteiger partial charge on any atom is -0.289 e. The van der Waals surface area contributed by atoms with Gasteiger partial charge in [0.25, 0.3) is 0 Å². The summed E-state index contributed by atoms with van der Waals surface area (Å²) in [5.74, 6) is 0.0568. The topological polar surface area (TPSA) is 17.1 Å². The first-order valence-electron chi connectivity index (χ1n) is 11.4. The minimum atomic E-state index is -0.585. The number of fused-ring (bicyclic) bond motifs is 2. The van der Waals surface area contributed by atoms with E-state index >= 15 is 0 Å². The van der Waals surface area contributed by atoms with Crippen LogP contribution >= 0.6 is 15.9 Å². The summed E-state index contributed by atoms with van der Waals surface area (Å²) < 4.78 is 0.958. The Hall–Kier alpha value is -3.75. The van der Waals surface area contributed by atoms with Crippen molar-refractivity contribution in [2.45, 2.75) is 5.41 Å². The highest BCUT2D eigenvalue weighted by Gasteiger charge is 2.46. The average Bonchev–Trinajstić information content (AvgIpc) is 2.89. The van der Waals surface area contributed by atoms with Gasteiger partial charge in [-0.3, -0.25) is 4.79 Å². The fraction of sp³-hybridized carbons (Fsp3) is 0.0312. The Morgan fingerprint density at radius 1 is 0.618 bits per heavy atom. The van der Waals surface area contributed by atoms with Crippen molar-refractivity contribution >= 4 is 33.4 Å². The largest absolute Gasteiger partial charge is 0.289 e. The van der Waals surface area contributed by atoms with E-state index in [0.717, 1.165) is 37.9 Å². The zero-order valence-electron chi connectivity index (χ0n) is 18.4. The Labute approximate surface area is 207 Å². The van der Waals surface area contributed by atoms with Crippen molar-refractivity contribution in [1.29, 1.82) is 0 Å². The van der Waals surface area contributed by atoms with E-state index < -0.39 is 5.41 Å². The van der Waals surface area contributed by atoms with Gasteiger partial charge in [0.15, 0.2) is 5.78 Å². The molecule has 4 aromatic rings. The first-order chi connectivity index (χ1) is 16.7. The zero-order valence-corrected chi connectivity index (χ0v) is 20.0. The molecule has 0 heterocycles. The van der Waals surface area contributed by atoms with E-state index in [1.54, 1.807) is 0 Å². The Morgan fingerprint density at radius 2 is 1.26 bits per heavy atom. The number of carbonyl (C=O) groups excluding carboxylic acids is 1. The molecule has 4 aromatic carbocycles. The molecule has 1 nitrogen and oxygen atoms in total. The number of carbonyl (C=O) groups is 1. The summed E-state index contributed by atoms with van der Waals surface area (Å²) in [6.45, 7) is 0. The highest BCUT2D eigenvalue weighted by molar-refractivity contribution is 9.10. The molecule has 2 aliphatic rings. The van der Waals surface area contributed by atoms with Crippen LogP contribution in [0, 0.1) is 0 Å². The smallest absolute Gasteiger partial charge is 0.193 e. The third-order valence-corrected chi connectivity index (χ3v) is 7.31. The maximum Gasteiger partial charge on any atom is 0.193 e. The van der Waals surface area contributed by atoms with Crippen molar-refractivity contribution in [2.24, 2.45) is 0 Å². The number of halogens is 1. The SMILES string of the molecule is O=C1C2=Cc3ccccc3C(c3ccccc3)(c3ccccc3)C2=CC=C1c1cccc(Br)c1. The summed E-state index contributed by atoms with van der Waals surface area (Å²) in [4.78, 5) is 14.0. The third-order valence-electron chi connectivity index (χ3n) is 6.81. The standard InChI is InChI=1S/C32H21BrO/c33-26-16-9-11-22(20-26)27-18-19-30-28(31(27)34)21-23-10-7-8-17-29(23)32(30,24-12-3-1-4-13-24)25-14-5-2-6-15-25/h1-21H.